The number of benzene rings is 1. The molecule has 0 aromatic heterocycles. The molecule has 1 aromatic carbocycles. The highest BCUT2D eigenvalue weighted by Gasteiger charge is 2.10. The van der Waals surface area contributed by atoms with Crippen molar-refractivity contribution in [1.82, 2.24) is 0 Å². The van der Waals surface area contributed by atoms with E-state index in [0.29, 0.717) is 5.57 Å². The Morgan fingerprint density at radius 2 is 1.93 bits per heavy atom. The van der Waals surface area contributed by atoms with E-state index in [4.69, 9.17) is 0 Å². The summed E-state index contributed by atoms with van der Waals surface area (Å²) in [6, 6.07) is 9.55. The summed E-state index contributed by atoms with van der Waals surface area (Å²) >= 11 is 0. The van der Waals surface area contributed by atoms with Gasteiger partial charge >= 0.3 is 0 Å². The van der Waals surface area contributed by atoms with Crippen LogP contribution < -0.4 is 0 Å². The molecule has 0 saturated heterocycles. The predicted octanol–water partition coefficient (Wildman–Crippen LogP) is 3.63. The molecule has 1 aromatic rings. The Hall–Kier alpha value is -1.63. The average Bonchev–Trinajstić information content (AvgIpc) is 2.28. The van der Waals surface area contributed by atoms with Gasteiger partial charge in [-0.15, -0.1) is 0 Å². The molecule has 0 unspecified atom stereocenters. The molecule has 1 nitrogen and oxygen atoms in total. The van der Waals surface area contributed by atoms with Crippen LogP contribution in [-0.4, -0.2) is 5.78 Å². The van der Waals surface area contributed by atoms with Crippen molar-refractivity contribution >= 4 is 11.4 Å². The van der Waals surface area contributed by atoms with Crippen molar-refractivity contribution in [3.8, 4) is 0 Å². The molecule has 0 aliphatic carbocycles. The zero-order chi connectivity index (χ0) is 11.3. The van der Waals surface area contributed by atoms with Crippen LogP contribution in [0.5, 0.6) is 0 Å². The number of hydrogen-bond acceptors (Lipinski definition) is 1. The number of rotatable bonds is 4. The molecule has 0 amide bonds. The fourth-order valence-electron chi connectivity index (χ4n) is 1.41. The van der Waals surface area contributed by atoms with Crippen LogP contribution in [0.15, 0.2) is 48.6 Å². The molecule has 1 rings (SSSR count). The number of Topliss-reactive ketones (excluding diaryl/α,β-unsaturated/α-hetero) is 1. The third-order valence-electron chi connectivity index (χ3n) is 2.26. The van der Waals surface area contributed by atoms with Crippen LogP contribution in [-0.2, 0) is 4.79 Å². The first-order valence-electron chi connectivity index (χ1n) is 5.12. The Bertz CT molecular complexity index is 385. The van der Waals surface area contributed by atoms with Gasteiger partial charge in [-0.25, -0.2) is 0 Å². The van der Waals surface area contributed by atoms with E-state index < -0.39 is 0 Å². The molecule has 0 atom stereocenters. The maximum absolute atomic E-state index is 11.9. The molecule has 0 heterocycles. The van der Waals surface area contributed by atoms with Gasteiger partial charge in [0.05, 0.1) is 0 Å². The number of hydrogen-bond donors (Lipinski definition) is 0. The lowest BCUT2D eigenvalue weighted by atomic mass is 9.99. The summed E-state index contributed by atoms with van der Waals surface area (Å²) in [4.78, 5) is 11.9. The summed E-state index contributed by atoms with van der Waals surface area (Å²) in [5, 5.41) is 0. The molecule has 0 saturated carbocycles. The zero-order valence-electron chi connectivity index (χ0n) is 9.29. The fourth-order valence-corrected chi connectivity index (χ4v) is 1.41. The predicted molar refractivity (Wildman–Crippen MR) is 64.5 cm³/mol. The second-order valence-electron chi connectivity index (χ2n) is 3.47. The number of carbonyl (C=O) groups excluding carboxylic acids is 1. The molecule has 0 fully saturated rings. The largest absolute Gasteiger partial charge is 0.289 e. The summed E-state index contributed by atoms with van der Waals surface area (Å²) in [6.45, 7) is 7.69. The Morgan fingerprint density at radius 3 is 2.47 bits per heavy atom. The van der Waals surface area contributed by atoms with E-state index in [-0.39, 0.29) is 5.78 Å². The minimum Gasteiger partial charge on any atom is -0.289 e. The summed E-state index contributed by atoms with van der Waals surface area (Å²) in [7, 11) is 0. The van der Waals surface area contributed by atoms with Gasteiger partial charge in [-0.1, -0.05) is 49.9 Å². The van der Waals surface area contributed by atoms with Crippen LogP contribution in [0.1, 0.15) is 25.8 Å². The molecule has 0 radical (unpaired) electrons. The lowest BCUT2D eigenvalue weighted by Crippen LogP contribution is -2.02. The van der Waals surface area contributed by atoms with Crippen LogP contribution >= 0.6 is 0 Å². The van der Waals surface area contributed by atoms with Gasteiger partial charge in [-0.2, -0.15) is 0 Å². The highest BCUT2D eigenvalue weighted by molar-refractivity contribution is 6.27. The van der Waals surface area contributed by atoms with E-state index in [0.717, 1.165) is 17.6 Å². The molecular formula is C14H16O. The van der Waals surface area contributed by atoms with E-state index in [1.807, 2.05) is 50.3 Å². The van der Waals surface area contributed by atoms with Crippen LogP contribution in [0, 0.1) is 0 Å². The first-order valence-corrected chi connectivity index (χ1v) is 5.12. The van der Waals surface area contributed by atoms with Crippen molar-refractivity contribution in [2.75, 3.05) is 0 Å². The molecule has 0 aliphatic heterocycles. The molecule has 0 spiro atoms. The van der Waals surface area contributed by atoms with Crippen molar-refractivity contribution in [3.05, 3.63) is 54.1 Å². The van der Waals surface area contributed by atoms with E-state index in [1.54, 1.807) is 0 Å². The Kier molecular flexibility index (Phi) is 4.04. The number of carbonyl (C=O) groups is 1. The average molecular weight is 200 g/mol. The highest BCUT2D eigenvalue weighted by atomic mass is 16.1. The maximum Gasteiger partial charge on any atom is 0.188 e. The van der Waals surface area contributed by atoms with Crippen molar-refractivity contribution in [2.24, 2.45) is 0 Å². The first kappa shape index (κ1) is 11.4. The van der Waals surface area contributed by atoms with Crippen molar-refractivity contribution in [2.45, 2.75) is 20.3 Å². The lowest BCUT2D eigenvalue weighted by Gasteiger charge is -2.04. The Morgan fingerprint density at radius 1 is 1.33 bits per heavy atom. The van der Waals surface area contributed by atoms with Gasteiger partial charge in [0.15, 0.2) is 5.78 Å². The molecular weight excluding hydrogens is 184 g/mol. The van der Waals surface area contributed by atoms with Gasteiger partial charge in [0.2, 0.25) is 0 Å². The number of allylic oxidation sites excluding steroid dienone is 3. The molecule has 15 heavy (non-hydrogen) atoms. The van der Waals surface area contributed by atoms with Gasteiger partial charge in [0.25, 0.3) is 0 Å². The van der Waals surface area contributed by atoms with Crippen LogP contribution in [0.3, 0.4) is 0 Å². The van der Waals surface area contributed by atoms with Crippen LogP contribution in [0.2, 0.25) is 0 Å². The topological polar surface area (TPSA) is 17.1 Å². The molecule has 78 valence electrons. The normalized spacial score (nSPS) is 11.2. The van der Waals surface area contributed by atoms with Crippen LogP contribution in [0.25, 0.3) is 5.57 Å². The fraction of sp³-hybridized carbons (Fsp3) is 0.214. The quantitative estimate of drug-likeness (QED) is 0.678. The second kappa shape index (κ2) is 5.30. The molecule has 0 N–H and O–H groups in total. The van der Waals surface area contributed by atoms with Crippen molar-refractivity contribution < 1.29 is 4.79 Å². The van der Waals surface area contributed by atoms with Crippen molar-refractivity contribution in [1.29, 1.82) is 0 Å². The summed E-state index contributed by atoms with van der Waals surface area (Å²) in [5.74, 6) is 0.0306. The van der Waals surface area contributed by atoms with E-state index >= 15 is 0 Å². The minimum atomic E-state index is 0.0306. The van der Waals surface area contributed by atoms with Gasteiger partial charge in [-0.05, 0) is 24.5 Å². The van der Waals surface area contributed by atoms with Crippen LogP contribution in [0.4, 0.5) is 0 Å². The zero-order valence-corrected chi connectivity index (χ0v) is 9.29. The number of ketones is 1. The third-order valence-corrected chi connectivity index (χ3v) is 2.26. The first-order chi connectivity index (χ1) is 7.16. The monoisotopic (exact) mass is 200 g/mol. The highest BCUT2D eigenvalue weighted by Crippen LogP contribution is 2.16. The minimum absolute atomic E-state index is 0.0306. The Balaban J connectivity index is 2.88. The van der Waals surface area contributed by atoms with Crippen molar-refractivity contribution in [3.63, 3.8) is 0 Å². The molecule has 0 aliphatic rings. The van der Waals surface area contributed by atoms with Gasteiger partial charge in [0, 0.05) is 5.57 Å². The van der Waals surface area contributed by atoms with Gasteiger partial charge < -0.3 is 0 Å². The second-order valence-corrected chi connectivity index (χ2v) is 3.47. The SMILES string of the molecule is C=C(C(=O)/C(C)=C/CC)c1ccccc1. The standard InChI is InChI=1S/C14H16O/c1-4-8-11(2)14(15)12(3)13-9-6-5-7-10-13/h5-10H,3-4H2,1-2H3/b11-8+. The summed E-state index contributed by atoms with van der Waals surface area (Å²) in [5.41, 5.74) is 2.23. The van der Waals surface area contributed by atoms with E-state index in [9.17, 15) is 4.79 Å². The third kappa shape index (κ3) is 2.91. The summed E-state index contributed by atoms with van der Waals surface area (Å²) < 4.78 is 0. The van der Waals surface area contributed by atoms with Gasteiger partial charge in [0.1, 0.15) is 0 Å². The summed E-state index contributed by atoms with van der Waals surface area (Å²) in [6.07, 6.45) is 2.80. The Labute approximate surface area is 91.1 Å². The van der Waals surface area contributed by atoms with E-state index in [1.165, 1.54) is 0 Å². The maximum atomic E-state index is 11.9. The lowest BCUT2D eigenvalue weighted by molar-refractivity contribution is -0.110. The smallest absolute Gasteiger partial charge is 0.188 e. The van der Waals surface area contributed by atoms with Gasteiger partial charge in [-0.3, -0.25) is 4.79 Å². The van der Waals surface area contributed by atoms with E-state index in [2.05, 4.69) is 6.58 Å². The molecule has 0 bridgehead atoms. The molecule has 1 heteroatoms.